The van der Waals surface area contributed by atoms with Crippen LogP contribution in [0.5, 0.6) is 11.5 Å². The van der Waals surface area contributed by atoms with Gasteiger partial charge in [0.15, 0.2) is 0 Å². The van der Waals surface area contributed by atoms with Gasteiger partial charge >= 0.3 is 0 Å². The molecule has 0 saturated heterocycles. The molecule has 10 nitrogen and oxygen atoms in total. The predicted molar refractivity (Wildman–Crippen MR) is 317 cm³/mol. The summed E-state index contributed by atoms with van der Waals surface area (Å²) in [5.41, 5.74) is 60.6. The summed E-state index contributed by atoms with van der Waals surface area (Å²) in [5.74, 6) is 2.14. The second-order valence-corrected chi connectivity index (χ2v) is 20.2. The first-order valence-electron chi connectivity index (χ1n) is 26.1. The first-order chi connectivity index (χ1) is 36.4. The summed E-state index contributed by atoms with van der Waals surface area (Å²) < 4.78 is 10.5. The van der Waals surface area contributed by atoms with Crippen molar-refractivity contribution >= 4 is 0 Å². The van der Waals surface area contributed by atoms with Crippen molar-refractivity contribution in [1.29, 1.82) is 0 Å². The molecule has 10 heteroatoms. The molecule has 0 radical (unpaired) electrons. The third-order valence-electron chi connectivity index (χ3n) is 14.2. The zero-order valence-corrected chi connectivity index (χ0v) is 45.8. The Morgan fingerprint density at radius 1 is 0.303 bits per heavy atom. The van der Waals surface area contributed by atoms with Gasteiger partial charge in [0.05, 0.1) is 25.3 Å². The summed E-state index contributed by atoms with van der Waals surface area (Å²) in [5, 5.41) is 0. The van der Waals surface area contributed by atoms with Crippen LogP contribution in [0.1, 0.15) is 107 Å². The quantitative estimate of drug-likeness (QED) is 0.0457. The molecule has 8 aromatic carbocycles. The van der Waals surface area contributed by atoms with Crippen molar-refractivity contribution in [3.63, 3.8) is 0 Å². The Morgan fingerprint density at radius 3 is 0.684 bits per heavy atom. The van der Waals surface area contributed by atoms with Crippen LogP contribution >= 0.6 is 0 Å². The van der Waals surface area contributed by atoms with E-state index >= 15 is 0 Å². The Morgan fingerprint density at radius 2 is 0.500 bits per heavy atom. The molecule has 0 aliphatic carbocycles. The number of ether oxygens (including phenoxy) is 2. The van der Waals surface area contributed by atoms with Gasteiger partial charge in [0, 0.05) is 36.3 Å². The number of methoxy groups -OCH3 is 2. The van der Waals surface area contributed by atoms with Gasteiger partial charge in [-0.05, 0) is 94.5 Å². The van der Waals surface area contributed by atoms with Crippen molar-refractivity contribution in [2.24, 2.45) is 57.7 Å². The number of hydrogen-bond donors (Lipinski definition) is 8. The molecule has 0 saturated carbocycles. The molecule has 0 aliphatic rings. The van der Waals surface area contributed by atoms with Gasteiger partial charge < -0.3 is 55.3 Å². The summed E-state index contributed by atoms with van der Waals surface area (Å²) >= 11 is 0. The van der Waals surface area contributed by atoms with E-state index in [1.165, 1.54) is 11.1 Å². The van der Waals surface area contributed by atoms with E-state index in [2.05, 4.69) is 90.1 Å². The molecule has 76 heavy (non-hydrogen) atoms. The lowest BCUT2D eigenvalue weighted by molar-refractivity contribution is 0.337. The molecular formula is C66H84N8O2. The molecule has 0 amide bonds. The Labute approximate surface area is 453 Å². The normalized spacial score (nSPS) is 15.0. The summed E-state index contributed by atoms with van der Waals surface area (Å²) in [6, 6.07) is 71.1. The van der Waals surface area contributed by atoms with Crippen LogP contribution in [0.4, 0.5) is 0 Å². The van der Waals surface area contributed by atoms with E-state index in [0.717, 1.165) is 56.0 Å². The van der Waals surface area contributed by atoms with Gasteiger partial charge in [0.1, 0.15) is 11.5 Å². The van der Waals surface area contributed by atoms with E-state index in [4.69, 9.17) is 55.3 Å². The van der Waals surface area contributed by atoms with Gasteiger partial charge in [0.25, 0.3) is 0 Å². The monoisotopic (exact) mass is 1020 g/mol. The van der Waals surface area contributed by atoms with Crippen molar-refractivity contribution in [1.82, 2.24) is 0 Å². The molecule has 400 valence electrons. The molecule has 2 unspecified atom stereocenters. The molecule has 0 spiro atoms. The summed E-state index contributed by atoms with van der Waals surface area (Å²) in [7, 11) is 3.31. The topological polar surface area (TPSA) is 227 Å². The summed E-state index contributed by atoms with van der Waals surface area (Å²) in [6.07, 6.45) is 0. The molecule has 0 fully saturated rings. The molecule has 8 aromatic rings. The van der Waals surface area contributed by atoms with Gasteiger partial charge in [0.2, 0.25) is 0 Å². The van der Waals surface area contributed by atoms with E-state index in [0.29, 0.717) is 0 Å². The summed E-state index contributed by atoms with van der Waals surface area (Å²) in [6.45, 7) is 12.5. The van der Waals surface area contributed by atoms with Crippen LogP contribution in [0.25, 0.3) is 0 Å². The van der Waals surface area contributed by atoms with Gasteiger partial charge in [-0.3, -0.25) is 0 Å². The lowest BCUT2D eigenvalue weighted by atomic mass is 9.74. The van der Waals surface area contributed by atoms with Crippen LogP contribution < -0.4 is 55.3 Å². The standard InChI is InChI=1S/2C19H26N2O.2C14H16N2/c2*1-13(2)18(20)19(21,15-7-5-14(3)6-8-15)16-9-11-17(22-4)12-10-16;2*15-13(11-7-3-1-4-8-11)14(16)12-9-5-2-6-10-12/h2*5-13,18H,20-21H2,1-4H3;2*1-10,13-14H,15-16H2/t2*18-,19?;2*13-,14-/m1010/s1. The molecule has 16 N–H and O–H groups in total. The SMILES string of the molecule is COc1ccc(C(N)(c2ccc(C)cc2)[C@@H](N)C(C)C)cc1.COc1ccc(C(N)(c2ccc(C)cc2)[C@H](N)C(C)C)cc1.N[C@@H](c1ccccc1)[C@@H](N)c1ccccc1.N[C@H](c1ccccc1)[C@H](N)c1ccccc1. The molecular weight excluding hydrogens is 937 g/mol. The zero-order chi connectivity index (χ0) is 55.4. The number of benzene rings is 8. The maximum Gasteiger partial charge on any atom is 0.118 e. The average Bonchev–Trinajstić information content (AvgIpc) is 3.47. The largest absolute Gasteiger partial charge is 0.497 e. The highest BCUT2D eigenvalue weighted by atomic mass is 16.5. The van der Waals surface area contributed by atoms with Crippen LogP contribution in [-0.2, 0) is 11.1 Å². The van der Waals surface area contributed by atoms with Crippen LogP contribution in [0, 0.1) is 25.7 Å². The molecule has 0 aliphatic heterocycles. The van der Waals surface area contributed by atoms with Crippen molar-refractivity contribution < 1.29 is 9.47 Å². The minimum Gasteiger partial charge on any atom is -0.497 e. The first kappa shape index (κ1) is 59.9. The number of hydrogen-bond acceptors (Lipinski definition) is 10. The van der Waals surface area contributed by atoms with Gasteiger partial charge in [-0.2, -0.15) is 0 Å². The summed E-state index contributed by atoms with van der Waals surface area (Å²) in [4.78, 5) is 0. The predicted octanol–water partition coefficient (Wildman–Crippen LogP) is 11.2. The Bertz CT molecular complexity index is 2570. The molecule has 0 heterocycles. The smallest absolute Gasteiger partial charge is 0.118 e. The van der Waals surface area contributed by atoms with Crippen molar-refractivity contribution in [2.75, 3.05) is 14.2 Å². The third kappa shape index (κ3) is 15.6. The minimum atomic E-state index is -0.728. The van der Waals surface area contributed by atoms with E-state index in [9.17, 15) is 0 Å². The Balaban J connectivity index is 0.000000189. The molecule has 8 atom stereocenters. The van der Waals surface area contributed by atoms with Crippen molar-refractivity contribution in [2.45, 2.75) is 88.9 Å². The number of nitrogens with two attached hydrogens (primary N) is 8. The van der Waals surface area contributed by atoms with Crippen molar-refractivity contribution in [3.8, 4) is 11.5 Å². The Kier molecular flexibility index (Phi) is 22.7. The number of rotatable bonds is 16. The Hall–Kier alpha value is -6.96. The van der Waals surface area contributed by atoms with E-state index < -0.39 is 11.1 Å². The zero-order valence-electron chi connectivity index (χ0n) is 45.8. The highest BCUT2D eigenvalue weighted by Crippen LogP contribution is 2.36. The maximum absolute atomic E-state index is 6.86. The van der Waals surface area contributed by atoms with Crippen LogP contribution in [0.15, 0.2) is 218 Å². The van der Waals surface area contributed by atoms with Crippen LogP contribution in [0.3, 0.4) is 0 Å². The van der Waals surface area contributed by atoms with Crippen LogP contribution in [0.2, 0.25) is 0 Å². The molecule has 0 bridgehead atoms. The second-order valence-electron chi connectivity index (χ2n) is 20.2. The highest BCUT2D eigenvalue weighted by Gasteiger charge is 2.39. The van der Waals surface area contributed by atoms with Crippen LogP contribution in [-0.4, -0.2) is 26.3 Å². The fourth-order valence-corrected chi connectivity index (χ4v) is 9.08. The minimum absolute atomic E-state index is 0.163. The van der Waals surface area contributed by atoms with E-state index in [-0.39, 0.29) is 48.1 Å². The van der Waals surface area contributed by atoms with Gasteiger partial charge in [-0.15, -0.1) is 0 Å². The van der Waals surface area contributed by atoms with Gasteiger partial charge in [-0.1, -0.05) is 233 Å². The second kappa shape index (κ2) is 28.8. The molecule has 8 rings (SSSR count). The average molecular weight is 1020 g/mol. The molecule has 0 aromatic heterocycles. The lowest BCUT2D eigenvalue weighted by Gasteiger charge is -2.39. The maximum atomic E-state index is 6.86. The van der Waals surface area contributed by atoms with E-state index in [1.807, 2.05) is 170 Å². The number of aryl methyl sites for hydroxylation is 2. The van der Waals surface area contributed by atoms with Crippen molar-refractivity contribution in [3.05, 3.63) is 274 Å². The van der Waals surface area contributed by atoms with E-state index in [1.54, 1.807) is 14.2 Å². The third-order valence-corrected chi connectivity index (χ3v) is 14.2. The lowest BCUT2D eigenvalue weighted by Crippen LogP contribution is -2.55. The highest BCUT2D eigenvalue weighted by molar-refractivity contribution is 5.45. The fraction of sp³-hybridized carbons (Fsp3) is 0.273. The first-order valence-corrected chi connectivity index (χ1v) is 26.1. The fourth-order valence-electron chi connectivity index (χ4n) is 9.08. The van der Waals surface area contributed by atoms with Gasteiger partial charge in [-0.25, -0.2) is 0 Å².